The summed E-state index contributed by atoms with van der Waals surface area (Å²) < 4.78 is 0. The van der Waals surface area contributed by atoms with Crippen LogP contribution >= 0.6 is 0 Å². The lowest BCUT2D eigenvalue weighted by Crippen LogP contribution is -2.03. The van der Waals surface area contributed by atoms with Gasteiger partial charge in [0.1, 0.15) is 6.29 Å². The van der Waals surface area contributed by atoms with E-state index in [0.717, 1.165) is 11.8 Å². The molecule has 2 heteroatoms. The summed E-state index contributed by atoms with van der Waals surface area (Å²) >= 11 is 0. The van der Waals surface area contributed by atoms with E-state index < -0.39 is 0 Å². The molecule has 0 N–H and O–H groups in total. The second-order valence-electron chi connectivity index (χ2n) is 3.89. The van der Waals surface area contributed by atoms with Crippen LogP contribution in [0.5, 0.6) is 0 Å². The second-order valence-corrected chi connectivity index (χ2v) is 3.89. The van der Waals surface area contributed by atoms with Gasteiger partial charge in [0.25, 0.3) is 0 Å². The van der Waals surface area contributed by atoms with Crippen molar-refractivity contribution in [1.82, 2.24) is 0 Å². The molecule has 0 radical (unpaired) electrons. The van der Waals surface area contributed by atoms with Gasteiger partial charge in [-0.15, -0.1) is 0 Å². The zero-order valence-electron chi connectivity index (χ0n) is 9.51. The van der Waals surface area contributed by atoms with Crippen LogP contribution in [-0.4, -0.2) is 12.1 Å². The smallest absolute Gasteiger partial charge is 0.193 e. The van der Waals surface area contributed by atoms with Crippen molar-refractivity contribution in [3.05, 3.63) is 70.8 Å². The van der Waals surface area contributed by atoms with Gasteiger partial charge in [-0.2, -0.15) is 0 Å². The average molecular weight is 224 g/mol. The SMILES string of the molecule is Cc1ccccc1C(=O)c1cccc(C=O)c1. The number of hydrogen-bond donors (Lipinski definition) is 0. The topological polar surface area (TPSA) is 34.1 Å². The Hall–Kier alpha value is -2.22. The molecule has 0 aliphatic carbocycles. The number of aryl methyl sites for hydroxylation is 1. The van der Waals surface area contributed by atoms with Crippen molar-refractivity contribution in [3.63, 3.8) is 0 Å². The zero-order valence-corrected chi connectivity index (χ0v) is 9.51. The highest BCUT2D eigenvalue weighted by Gasteiger charge is 2.11. The van der Waals surface area contributed by atoms with Gasteiger partial charge in [0.05, 0.1) is 0 Å². The highest BCUT2D eigenvalue weighted by Crippen LogP contribution is 2.14. The molecule has 0 saturated carbocycles. The van der Waals surface area contributed by atoms with Crippen LogP contribution in [0.1, 0.15) is 31.8 Å². The fourth-order valence-corrected chi connectivity index (χ4v) is 1.74. The Morgan fingerprint density at radius 1 is 1.06 bits per heavy atom. The van der Waals surface area contributed by atoms with Crippen LogP contribution in [0.3, 0.4) is 0 Å². The first-order valence-corrected chi connectivity index (χ1v) is 5.38. The van der Waals surface area contributed by atoms with Crippen molar-refractivity contribution in [3.8, 4) is 0 Å². The van der Waals surface area contributed by atoms with Crippen LogP contribution < -0.4 is 0 Å². The fourth-order valence-electron chi connectivity index (χ4n) is 1.74. The highest BCUT2D eigenvalue weighted by atomic mass is 16.1. The molecule has 2 rings (SSSR count). The Morgan fingerprint density at radius 2 is 1.82 bits per heavy atom. The molecule has 0 aliphatic rings. The molecule has 0 atom stereocenters. The Kier molecular flexibility index (Phi) is 3.15. The van der Waals surface area contributed by atoms with Gasteiger partial charge in [-0.05, 0) is 18.6 Å². The minimum absolute atomic E-state index is 0.0493. The summed E-state index contributed by atoms with van der Waals surface area (Å²) in [6, 6.07) is 14.2. The maximum atomic E-state index is 12.2. The number of aldehydes is 1. The van der Waals surface area contributed by atoms with Crippen molar-refractivity contribution >= 4 is 12.1 Å². The monoisotopic (exact) mass is 224 g/mol. The Balaban J connectivity index is 2.44. The summed E-state index contributed by atoms with van der Waals surface area (Å²) in [7, 11) is 0. The maximum Gasteiger partial charge on any atom is 0.193 e. The molecule has 0 aliphatic heterocycles. The minimum Gasteiger partial charge on any atom is -0.298 e. The number of benzene rings is 2. The molecule has 84 valence electrons. The summed E-state index contributed by atoms with van der Waals surface area (Å²) in [5, 5.41) is 0. The molecule has 2 aromatic carbocycles. The molecule has 2 nitrogen and oxygen atoms in total. The molecular formula is C15H12O2. The summed E-state index contributed by atoms with van der Waals surface area (Å²) in [4.78, 5) is 22.9. The molecule has 0 amide bonds. The molecule has 0 spiro atoms. The molecule has 17 heavy (non-hydrogen) atoms. The van der Waals surface area contributed by atoms with Gasteiger partial charge >= 0.3 is 0 Å². The standard InChI is InChI=1S/C15H12O2/c1-11-5-2-3-8-14(11)15(17)13-7-4-6-12(9-13)10-16/h2-10H,1H3. The molecular weight excluding hydrogens is 212 g/mol. The summed E-state index contributed by atoms with van der Waals surface area (Å²) in [5.41, 5.74) is 2.68. The summed E-state index contributed by atoms with van der Waals surface area (Å²) in [5.74, 6) is -0.0493. The van der Waals surface area contributed by atoms with Crippen LogP contribution in [0.15, 0.2) is 48.5 Å². The average Bonchev–Trinajstić information content (AvgIpc) is 2.38. The summed E-state index contributed by atoms with van der Waals surface area (Å²) in [6.45, 7) is 1.90. The largest absolute Gasteiger partial charge is 0.298 e. The van der Waals surface area contributed by atoms with Crippen molar-refractivity contribution in [2.24, 2.45) is 0 Å². The number of hydrogen-bond acceptors (Lipinski definition) is 2. The number of ketones is 1. The van der Waals surface area contributed by atoms with E-state index in [1.54, 1.807) is 30.3 Å². The van der Waals surface area contributed by atoms with E-state index in [0.29, 0.717) is 16.7 Å². The van der Waals surface area contributed by atoms with Crippen molar-refractivity contribution in [1.29, 1.82) is 0 Å². The third-order valence-corrected chi connectivity index (χ3v) is 2.67. The highest BCUT2D eigenvalue weighted by molar-refractivity contribution is 6.10. The fraction of sp³-hybridized carbons (Fsp3) is 0.0667. The first-order chi connectivity index (χ1) is 8.22. The van der Waals surface area contributed by atoms with Crippen LogP contribution in [0.4, 0.5) is 0 Å². The molecule has 2 aromatic rings. The molecule has 0 aromatic heterocycles. The van der Waals surface area contributed by atoms with Crippen LogP contribution in [0.25, 0.3) is 0 Å². The van der Waals surface area contributed by atoms with Crippen LogP contribution in [-0.2, 0) is 0 Å². The predicted molar refractivity (Wildman–Crippen MR) is 66.4 cm³/mol. The van der Waals surface area contributed by atoms with Crippen molar-refractivity contribution < 1.29 is 9.59 Å². The van der Waals surface area contributed by atoms with E-state index in [-0.39, 0.29) is 5.78 Å². The molecule has 0 fully saturated rings. The van der Waals surface area contributed by atoms with E-state index in [2.05, 4.69) is 0 Å². The lowest BCUT2D eigenvalue weighted by atomic mass is 9.98. The number of carbonyl (C=O) groups is 2. The van der Waals surface area contributed by atoms with Gasteiger partial charge in [-0.25, -0.2) is 0 Å². The normalized spacial score (nSPS) is 9.94. The predicted octanol–water partition coefficient (Wildman–Crippen LogP) is 3.04. The van der Waals surface area contributed by atoms with E-state index >= 15 is 0 Å². The van der Waals surface area contributed by atoms with Crippen LogP contribution in [0, 0.1) is 6.92 Å². The van der Waals surface area contributed by atoms with Crippen LogP contribution in [0.2, 0.25) is 0 Å². The lowest BCUT2D eigenvalue weighted by molar-refractivity contribution is 0.103. The minimum atomic E-state index is -0.0493. The molecule has 0 unspecified atom stereocenters. The molecule has 0 bridgehead atoms. The number of rotatable bonds is 3. The Bertz CT molecular complexity index is 571. The van der Waals surface area contributed by atoms with Gasteiger partial charge < -0.3 is 0 Å². The third kappa shape index (κ3) is 2.31. The lowest BCUT2D eigenvalue weighted by Gasteiger charge is -2.04. The number of carbonyl (C=O) groups excluding carboxylic acids is 2. The van der Waals surface area contributed by atoms with Gasteiger partial charge in [0.2, 0.25) is 0 Å². The second kappa shape index (κ2) is 4.74. The first-order valence-electron chi connectivity index (χ1n) is 5.38. The zero-order chi connectivity index (χ0) is 12.3. The van der Waals surface area contributed by atoms with Gasteiger partial charge in [-0.3, -0.25) is 9.59 Å². The van der Waals surface area contributed by atoms with Crippen molar-refractivity contribution in [2.45, 2.75) is 6.92 Å². The van der Waals surface area contributed by atoms with E-state index in [1.165, 1.54) is 0 Å². The summed E-state index contributed by atoms with van der Waals surface area (Å²) in [6.07, 6.45) is 0.745. The Labute approximate surface area is 99.9 Å². The quantitative estimate of drug-likeness (QED) is 0.593. The third-order valence-electron chi connectivity index (χ3n) is 2.67. The van der Waals surface area contributed by atoms with E-state index in [1.807, 2.05) is 25.1 Å². The van der Waals surface area contributed by atoms with Crippen molar-refractivity contribution in [2.75, 3.05) is 0 Å². The van der Waals surface area contributed by atoms with Gasteiger partial charge in [0, 0.05) is 16.7 Å². The van der Waals surface area contributed by atoms with Gasteiger partial charge in [-0.1, -0.05) is 42.5 Å². The van der Waals surface area contributed by atoms with E-state index in [4.69, 9.17) is 0 Å². The van der Waals surface area contributed by atoms with E-state index in [9.17, 15) is 9.59 Å². The Morgan fingerprint density at radius 3 is 2.53 bits per heavy atom. The maximum absolute atomic E-state index is 12.2. The molecule has 0 saturated heterocycles. The van der Waals surface area contributed by atoms with Gasteiger partial charge in [0.15, 0.2) is 5.78 Å². The molecule has 0 heterocycles. The first kappa shape index (κ1) is 11.3.